The predicted molar refractivity (Wildman–Crippen MR) is 79.4 cm³/mol. The summed E-state index contributed by atoms with van der Waals surface area (Å²) < 4.78 is 6.19. The number of anilines is 1. The van der Waals surface area contributed by atoms with Gasteiger partial charge in [0.05, 0.1) is 16.1 Å². The zero-order chi connectivity index (χ0) is 14.4. The van der Waals surface area contributed by atoms with Crippen molar-refractivity contribution in [2.24, 2.45) is 0 Å². The molecule has 0 atom stereocenters. The van der Waals surface area contributed by atoms with Gasteiger partial charge in [0.1, 0.15) is 5.75 Å². The van der Waals surface area contributed by atoms with Crippen LogP contribution in [0.25, 0.3) is 0 Å². The Labute approximate surface area is 125 Å². The minimum atomic E-state index is -0.282. The number of hydrogen-bond donors (Lipinski definition) is 1. The van der Waals surface area contributed by atoms with Crippen molar-refractivity contribution in [3.8, 4) is 11.8 Å². The van der Waals surface area contributed by atoms with E-state index in [-0.39, 0.29) is 12.5 Å². The van der Waals surface area contributed by atoms with E-state index < -0.39 is 0 Å². The molecule has 2 aromatic rings. The molecule has 100 valence electrons. The highest BCUT2D eigenvalue weighted by molar-refractivity contribution is 9.10. The lowest BCUT2D eigenvalue weighted by Crippen LogP contribution is -2.20. The molecule has 0 aliphatic rings. The molecule has 0 bridgehead atoms. The molecule has 0 saturated heterocycles. The van der Waals surface area contributed by atoms with Crippen LogP contribution in [-0.2, 0) is 4.79 Å². The molecule has 0 fully saturated rings. The van der Waals surface area contributed by atoms with Gasteiger partial charge in [-0.15, -0.1) is 0 Å². The number of nitriles is 1. The summed E-state index contributed by atoms with van der Waals surface area (Å²) in [6.07, 6.45) is 0. The second-order valence-corrected chi connectivity index (χ2v) is 4.81. The Morgan fingerprint density at radius 3 is 2.80 bits per heavy atom. The molecule has 20 heavy (non-hydrogen) atoms. The van der Waals surface area contributed by atoms with Gasteiger partial charge in [-0.3, -0.25) is 4.79 Å². The number of hydrogen-bond acceptors (Lipinski definition) is 3. The monoisotopic (exact) mass is 330 g/mol. The van der Waals surface area contributed by atoms with Gasteiger partial charge in [0, 0.05) is 5.69 Å². The standard InChI is InChI=1S/C15H11BrN2O2/c16-13-6-1-2-7-14(13)20-10-15(19)18-12-5-3-4-11(8-12)9-17/h1-8H,10H2,(H,18,19). The first-order valence-corrected chi connectivity index (χ1v) is 6.65. The molecule has 5 heteroatoms. The van der Waals surface area contributed by atoms with Crippen molar-refractivity contribution in [1.29, 1.82) is 5.26 Å². The van der Waals surface area contributed by atoms with Gasteiger partial charge >= 0.3 is 0 Å². The number of nitrogens with zero attached hydrogens (tertiary/aromatic N) is 1. The van der Waals surface area contributed by atoms with Crippen LogP contribution in [0.4, 0.5) is 5.69 Å². The van der Waals surface area contributed by atoms with Gasteiger partial charge in [-0.05, 0) is 46.3 Å². The van der Waals surface area contributed by atoms with Gasteiger partial charge in [-0.1, -0.05) is 18.2 Å². The van der Waals surface area contributed by atoms with Crippen molar-refractivity contribution in [2.75, 3.05) is 11.9 Å². The van der Waals surface area contributed by atoms with Crippen molar-refractivity contribution in [3.63, 3.8) is 0 Å². The van der Waals surface area contributed by atoms with E-state index in [0.717, 1.165) is 4.47 Å². The van der Waals surface area contributed by atoms with Gasteiger partial charge < -0.3 is 10.1 Å². The lowest BCUT2D eigenvalue weighted by molar-refractivity contribution is -0.118. The molecule has 1 amide bonds. The number of benzene rings is 2. The Hall–Kier alpha value is -2.32. The third-order valence-corrected chi connectivity index (χ3v) is 3.13. The number of ether oxygens (including phenoxy) is 1. The number of amides is 1. The molecule has 0 radical (unpaired) electrons. The minimum absolute atomic E-state index is 0.0978. The number of rotatable bonds is 4. The predicted octanol–water partition coefficient (Wildman–Crippen LogP) is 3.34. The molecule has 2 rings (SSSR count). The quantitative estimate of drug-likeness (QED) is 0.935. The summed E-state index contributed by atoms with van der Waals surface area (Å²) in [5.74, 6) is 0.323. The Bertz CT molecular complexity index is 665. The molecule has 0 unspecified atom stereocenters. The van der Waals surface area contributed by atoms with Crippen LogP contribution in [0.15, 0.2) is 53.0 Å². The van der Waals surface area contributed by atoms with E-state index in [1.165, 1.54) is 0 Å². The minimum Gasteiger partial charge on any atom is -0.483 e. The SMILES string of the molecule is N#Cc1cccc(NC(=O)COc2ccccc2Br)c1. The van der Waals surface area contributed by atoms with E-state index in [1.807, 2.05) is 24.3 Å². The van der Waals surface area contributed by atoms with E-state index in [0.29, 0.717) is 17.0 Å². The first-order chi connectivity index (χ1) is 9.69. The fourth-order valence-corrected chi connectivity index (χ4v) is 1.97. The van der Waals surface area contributed by atoms with Crippen LogP contribution in [0, 0.1) is 11.3 Å². The third-order valence-electron chi connectivity index (χ3n) is 2.47. The lowest BCUT2D eigenvalue weighted by Gasteiger charge is -2.08. The van der Waals surface area contributed by atoms with Crippen LogP contribution >= 0.6 is 15.9 Å². The van der Waals surface area contributed by atoms with Gasteiger partial charge in [-0.25, -0.2) is 0 Å². The van der Waals surface area contributed by atoms with E-state index in [9.17, 15) is 4.79 Å². The molecule has 0 saturated carbocycles. The summed E-state index contributed by atoms with van der Waals surface area (Å²) in [7, 11) is 0. The number of carbonyl (C=O) groups excluding carboxylic acids is 1. The molecule has 0 heterocycles. The molecule has 0 aromatic heterocycles. The summed E-state index contributed by atoms with van der Waals surface area (Å²) in [6, 6.07) is 16.0. The molecule has 0 aliphatic heterocycles. The van der Waals surface area contributed by atoms with Crippen LogP contribution in [0.3, 0.4) is 0 Å². The van der Waals surface area contributed by atoms with Gasteiger partial charge in [0.25, 0.3) is 5.91 Å². The van der Waals surface area contributed by atoms with E-state index in [1.54, 1.807) is 30.3 Å². The van der Waals surface area contributed by atoms with Gasteiger partial charge in [0.2, 0.25) is 0 Å². The molecule has 4 nitrogen and oxygen atoms in total. The Morgan fingerprint density at radius 2 is 2.05 bits per heavy atom. The molecule has 0 aliphatic carbocycles. The maximum Gasteiger partial charge on any atom is 0.262 e. The second-order valence-electron chi connectivity index (χ2n) is 3.96. The van der Waals surface area contributed by atoms with Crippen molar-refractivity contribution in [2.45, 2.75) is 0 Å². The van der Waals surface area contributed by atoms with E-state index >= 15 is 0 Å². The highest BCUT2D eigenvalue weighted by Gasteiger charge is 2.06. The van der Waals surface area contributed by atoms with Crippen LogP contribution in [0.2, 0.25) is 0 Å². The van der Waals surface area contributed by atoms with E-state index in [2.05, 4.69) is 21.2 Å². The second kappa shape index (κ2) is 6.73. The lowest BCUT2D eigenvalue weighted by atomic mass is 10.2. The summed E-state index contributed by atoms with van der Waals surface area (Å²) >= 11 is 3.34. The first-order valence-electron chi connectivity index (χ1n) is 5.86. The van der Waals surface area contributed by atoms with Crippen molar-refractivity contribution in [1.82, 2.24) is 0 Å². The van der Waals surface area contributed by atoms with Crippen molar-refractivity contribution in [3.05, 3.63) is 58.6 Å². The maximum atomic E-state index is 11.8. The normalized spacial score (nSPS) is 9.60. The largest absolute Gasteiger partial charge is 0.483 e. The van der Waals surface area contributed by atoms with Gasteiger partial charge in [-0.2, -0.15) is 5.26 Å². The Balaban J connectivity index is 1.93. The maximum absolute atomic E-state index is 11.8. The highest BCUT2D eigenvalue weighted by atomic mass is 79.9. The smallest absolute Gasteiger partial charge is 0.262 e. The zero-order valence-corrected chi connectivity index (χ0v) is 12.1. The van der Waals surface area contributed by atoms with Crippen LogP contribution in [0.5, 0.6) is 5.75 Å². The van der Waals surface area contributed by atoms with Crippen LogP contribution < -0.4 is 10.1 Å². The number of halogens is 1. The van der Waals surface area contributed by atoms with E-state index in [4.69, 9.17) is 10.00 Å². The fraction of sp³-hybridized carbons (Fsp3) is 0.0667. The Morgan fingerprint density at radius 1 is 1.25 bits per heavy atom. The van der Waals surface area contributed by atoms with Crippen LogP contribution in [-0.4, -0.2) is 12.5 Å². The summed E-state index contributed by atoms with van der Waals surface area (Å²) in [6.45, 7) is -0.0978. The topological polar surface area (TPSA) is 62.1 Å². The van der Waals surface area contributed by atoms with Gasteiger partial charge in [0.15, 0.2) is 6.61 Å². The number of carbonyl (C=O) groups is 1. The number of nitrogens with one attached hydrogen (secondary N) is 1. The van der Waals surface area contributed by atoms with Crippen molar-refractivity contribution >= 4 is 27.5 Å². The van der Waals surface area contributed by atoms with Crippen molar-refractivity contribution < 1.29 is 9.53 Å². The average molecular weight is 331 g/mol. The molecule has 1 N–H and O–H groups in total. The molecule has 2 aromatic carbocycles. The zero-order valence-electron chi connectivity index (χ0n) is 10.5. The summed E-state index contributed by atoms with van der Waals surface area (Å²) in [5.41, 5.74) is 1.07. The summed E-state index contributed by atoms with van der Waals surface area (Å²) in [4.78, 5) is 11.8. The number of para-hydroxylation sites is 1. The molecular weight excluding hydrogens is 320 g/mol. The average Bonchev–Trinajstić information content (AvgIpc) is 2.46. The van der Waals surface area contributed by atoms with Crippen LogP contribution in [0.1, 0.15) is 5.56 Å². The Kier molecular flexibility index (Phi) is 4.75. The fourth-order valence-electron chi connectivity index (χ4n) is 1.57. The molecular formula is C15H11BrN2O2. The highest BCUT2D eigenvalue weighted by Crippen LogP contribution is 2.23. The first kappa shape index (κ1) is 14.1. The summed E-state index contributed by atoms with van der Waals surface area (Å²) in [5, 5.41) is 11.5. The third kappa shape index (κ3) is 3.84. The molecule has 0 spiro atoms.